The van der Waals surface area contributed by atoms with Crippen LogP contribution in [0.4, 0.5) is 5.69 Å². The van der Waals surface area contributed by atoms with Gasteiger partial charge in [-0.1, -0.05) is 41.9 Å². The molecule has 2 aromatic rings. The molecule has 0 saturated carbocycles. The molecule has 4 nitrogen and oxygen atoms in total. The second kappa shape index (κ2) is 5.95. The summed E-state index contributed by atoms with van der Waals surface area (Å²) in [6.45, 7) is 0. The normalized spacial score (nSPS) is 12.1. The van der Waals surface area contributed by atoms with Crippen LogP contribution in [0.1, 0.15) is 5.56 Å². The minimum atomic E-state index is -1.48. The first-order valence-electron chi connectivity index (χ1n) is 5.44. The first-order chi connectivity index (χ1) is 9.08. The smallest absolute Gasteiger partial charge is 0.258 e. The molecule has 0 radical (unpaired) electrons. The Labute approximate surface area is 117 Å². The molecule has 0 aromatic heterocycles. The highest BCUT2D eigenvalue weighted by Gasteiger charge is 2.19. The quantitative estimate of drug-likeness (QED) is 0.640. The lowest BCUT2D eigenvalue weighted by Crippen LogP contribution is -2.01. The van der Waals surface area contributed by atoms with E-state index in [4.69, 9.17) is 11.6 Å². The topological polar surface area (TPSA) is 60.2 Å². The Bertz CT molecular complexity index is 631. The molecule has 6 heteroatoms. The third kappa shape index (κ3) is 3.39. The molecule has 0 amide bonds. The van der Waals surface area contributed by atoms with Gasteiger partial charge in [-0.05, 0) is 17.7 Å². The van der Waals surface area contributed by atoms with E-state index in [1.54, 1.807) is 0 Å². The van der Waals surface area contributed by atoms with Crippen LogP contribution in [-0.2, 0) is 16.6 Å². The molecule has 0 heterocycles. The van der Waals surface area contributed by atoms with Gasteiger partial charge in [0.2, 0.25) is 0 Å². The molecule has 0 fully saturated rings. The standard InChI is InChI=1S/C13H10ClNO3S/c14-11-6-7-13(12(8-11)15(16)17)19(18)9-10-4-2-1-3-5-10/h1-8H,9H2/t19-/m1/s1. The van der Waals surface area contributed by atoms with Gasteiger partial charge in [-0.3, -0.25) is 14.3 Å². The Morgan fingerprint density at radius 2 is 1.84 bits per heavy atom. The van der Waals surface area contributed by atoms with Crippen molar-refractivity contribution in [2.24, 2.45) is 0 Å². The molecule has 0 bridgehead atoms. The molecule has 0 aliphatic heterocycles. The van der Waals surface area contributed by atoms with Crippen LogP contribution in [0, 0.1) is 10.1 Å². The monoisotopic (exact) mass is 295 g/mol. The van der Waals surface area contributed by atoms with Crippen LogP contribution in [0.3, 0.4) is 0 Å². The lowest BCUT2D eigenvalue weighted by atomic mass is 10.2. The summed E-state index contributed by atoms with van der Waals surface area (Å²) in [6, 6.07) is 13.4. The summed E-state index contributed by atoms with van der Waals surface area (Å²) in [6.07, 6.45) is 0. The zero-order valence-corrected chi connectivity index (χ0v) is 11.4. The Morgan fingerprint density at radius 1 is 1.16 bits per heavy atom. The average Bonchev–Trinajstić information content (AvgIpc) is 2.39. The SMILES string of the molecule is O=[N+]([O-])c1cc(Cl)ccc1[S@](=O)Cc1ccccc1. The van der Waals surface area contributed by atoms with E-state index in [2.05, 4.69) is 0 Å². The van der Waals surface area contributed by atoms with E-state index in [9.17, 15) is 14.3 Å². The predicted octanol–water partition coefficient (Wildman–Crippen LogP) is 3.56. The minimum Gasteiger partial charge on any atom is -0.258 e. The predicted molar refractivity (Wildman–Crippen MR) is 74.7 cm³/mol. The van der Waals surface area contributed by atoms with Crippen LogP contribution in [-0.4, -0.2) is 9.13 Å². The molecule has 0 aliphatic carbocycles. The Morgan fingerprint density at radius 3 is 2.47 bits per heavy atom. The van der Waals surface area contributed by atoms with Gasteiger partial charge in [0.1, 0.15) is 4.90 Å². The molecule has 2 aromatic carbocycles. The number of rotatable bonds is 4. The highest BCUT2D eigenvalue weighted by Crippen LogP contribution is 2.27. The number of hydrogen-bond acceptors (Lipinski definition) is 3. The third-order valence-corrected chi connectivity index (χ3v) is 4.17. The maximum absolute atomic E-state index is 12.2. The zero-order chi connectivity index (χ0) is 13.8. The molecular weight excluding hydrogens is 286 g/mol. The van der Waals surface area contributed by atoms with Crippen LogP contribution < -0.4 is 0 Å². The molecule has 0 aliphatic rings. The van der Waals surface area contributed by atoms with Gasteiger partial charge < -0.3 is 0 Å². The van der Waals surface area contributed by atoms with Crippen LogP contribution in [0.5, 0.6) is 0 Å². The summed E-state index contributed by atoms with van der Waals surface area (Å²) in [7, 11) is -1.48. The van der Waals surface area contributed by atoms with Gasteiger partial charge in [0.15, 0.2) is 0 Å². The number of nitro benzene ring substituents is 1. The maximum Gasteiger partial charge on any atom is 0.286 e. The van der Waals surface area contributed by atoms with E-state index in [-0.39, 0.29) is 21.4 Å². The Hall–Kier alpha value is -1.72. The van der Waals surface area contributed by atoms with Gasteiger partial charge in [-0.25, -0.2) is 0 Å². The molecule has 0 N–H and O–H groups in total. The molecular formula is C13H10ClNO3S. The molecule has 2 rings (SSSR count). The number of hydrogen-bond donors (Lipinski definition) is 0. The second-order valence-corrected chi connectivity index (χ2v) is 5.70. The van der Waals surface area contributed by atoms with Crippen molar-refractivity contribution in [3.63, 3.8) is 0 Å². The third-order valence-electron chi connectivity index (χ3n) is 2.50. The summed E-state index contributed by atoms with van der Waals surface area (Å²) in [5.74, 6) is 0.239. The fourth-order valence-corrected chi connectivity index (χ4v) is 3.03. The van der Waals surface area contributed by atoms with E-state index < -0.39 is 15.7 Å². The van der Waals surface area contributed by atoms with Gasteiger partial charge in [-0.15, -0.1) is 0 Å². The zero-order valence-electron chi connectivity index (χ0n) is 9.78. The van der Waals surface area contributed by atoms with Crippen molar-refractivity contribution in [3.8, 4) is 0 Å². The van der Waals surface area contributed by atoms with Crippen LogP contribution in [0.15, 0.2) is 53.4 Å². The van der Waals surface area contributed by atoms with Gasteiger partial charge in [0.25, 0.3) is 5.69 Å². The van der Waals surface area contributed by atoms with Gasteiger partial charge >= 0.3 is 0 Å². The average molecular weight is 296 g/mol. The van der Waals surface area contributed by atoms with Crippen LogP contribution in [0.25, 0.3) is 0 Å². The van der Waals surface area contributed by atoms with Gasteiger partial charge in [-0.2, -0.15) is 0 Å². The lowest BCUT2D eigenvalue weighted by molar-refractivity contribution is -0.387. The highest BCUT2D eigenvalue weighted by atomic mass is 35.5. The maximum atomic E-state index is 12.2. The van der Waals surface area contributed by atoms with E-state index in [1.165, 1.54) is 18.2 Å². The minimum absolute atomic E-state index is 0.193. The molecule has 0 saturated heterocycles. The number of halogens is 1. The van der Waals surface area contributed by atoms with Crippen LogP contribution in [0.2, 0.25) is 5.02 Å². The molecule has 0 unspecified atom stereocenters. The summed E-state index contributed by atoms with van der Waals surface area (Å²) in [5.41, 5.74) is 0.659. The fourth-order valence-electron chi connectivity index (χ4n) is 1.63. The van der Waals surface area contributed by atoms with E-state index >= 15 is 0 Å². The largest absolute Gasteiger partial charge is 0.286 e. The first-order valence-corrected chi connectivity index (χ1v) is 7.14. The Balaban J connectivity index is 2.31. The van der Waals surface area contributed by atoms with Gasteiger partial charge in [0.05, 0.1) is 21.5 Å². The number of benzene rings is 2. The van der Waals surface area contributed by atoms with E-state index in [1.807, 2.05) is 30.3 Å². The molecule has 98 valence electrons. The molecule has 0 spiro atoms. The summed E-state index contributed by atoms with van der Waals surface area (Å²) < 4.78 is 12.2. The number of nitrogens with zero attached hydrogens (tertiary/aromatic N) is 1. The van der Waals surface area contributed by atoms with Crippen molar-refractivity contribution in [1.82, 2.24) is 0 Å². The highest BCUT2D eigenvalue weighted by molar-refractivity contribution is 7.84. The van der Waals surface area contributed by atoms with E-state index in [0.29, 0.717) is 0 Å². The van der Waals surface area contributed by atoms with Crippen molar-refractivity contribution in [1.29, 1.82) is 0 Å². The molecule has 19 heavy (non-hydrogen) atoms. The Kier molecular flexibility index (Phi) is 4.29. The first kappa shape index (κ1) is 13.7. The van der Waals surface area contributed by atoms with Crippen molar-refractivity contribution in [3.05, 3.63) is 69.2 Å². The van der Waals surface area contributed by atoms with Crippen molar-refractivity contribution in [2.45, 2.75) is 10.6 Å². The fraction of sp³-hybridized carbons (Fsp3) is 0.0769. The second-order valence-electron chi connectivity index (χ2n) is 3.84. The molecule has 1 atom stereocenters. The summed E-state index contributed by atoms with van der Waals surface area (Å²) >= 11 is 5.72. The number of nitro groups is 1. The van der Waals surface area contributed by atoms with Crippen molar-refractivity contribution in [2.75, 3.05) is 0 Å². The van der Waals surface area contributed by atoms with Crippen molar-refractivity contribution < 1.29 is 9.13 Å². The van der Waals surface area contributed by atoms with E-state index in [0.717, 1.165) is 5.56 Å². The lowest BCUT2D eigenvalue weighted by Gasteiger charge is -2.04. The summed E-state index contributed by atoms with van der Waals surface area (Å²) in [5, 5.41) is 11.2. The van der Waals surface area contributed by atoms with Crippen molar-refractivity contribution >= 4 is 28.1 Å². The van der Waals surface area contributed by atoms with Crippen LogP contribution >= 0.6 is 11.6 Å². The van der Waals surface area contributed by atoms with Gasteiger partial charge in [0, 0.05) is 11.1 Å². The summed E-state index contributed by atoms with van der Waals surface area (Å²) in [4.78, 5) is 10.6.